The zero-order valence-electron chi connectivity index (χ0n) is 18.8. The summed E-state index contributed by atoms with van der Waals surface area (Å²) in [6.07, 6.45) is 1.54. The van der Waals surface area contributed by atoms with E-state index in [4.69, 9.17) is 4.74 Å². The Balaban J connectivity index is 0.00000363. The average Bonchev–Trinajstić information content (AvgIpc) is 3.23. The SMILES string of the molecule is CN=C(NCCc1ccc(Oc2ccccc2)c(F)c1)NC1CCN(C(=O)C(C)C)C1.I. The number of guanidine groups is 1. The number of hydrogen-bond donors (Lipinski definition) is 2. The average molecular weight is 554 g/mol. The van der Waals surface area contributed by atoms with E-state index in [2.05, 4.69) is 15.6 Å². The van der Waals surface area contributed by atoms with Crippen LogP contribution in [0.1, 0.15) is 25.8 Å². The summed E-state index contributed by atoms with van der Waals surface area (Å²) >= 11 is 0. The highest BCUT2D eigenvalue weighted by atomic mass is 127. The monoisotopic (exact) mass is 554 g/mol. The molecular weight excluding hydrogens is 522 g/mol. The molecule has 1 saturated heterocycles. The van der Waals surface area contributed by atoms with Gasteiger partial charge < -0.3 is 20.3 Å². The number of nitrogens with one attached hydrogen (secondary N) is 2. The van der Waals surface area contributed by atoms with E-state index in [0.29, 0.717) is 31.2 Å². The van der Waals surface area contributed by atoms with E-state index in [-0.39, 0.29) is 53.4 Å². The molecule has 3 rings (SSSR count). The van der Waals surface area contributed by atoms with Gasteiger partial charge in [-0.1, -0.05) is 38.1 Å². The highest BCUT2D eigenvalue weighted by molar-refractivity contribution is 14.0. The molecule has 0 saturated carbocycles. The number of ether oxygens (including phenoxy) is 1. The second-order valence-corrected chi connectivity index (χ2v) is 8.00. The normalized spacial score (nSPS) is 16.0. The first-order chi connectivity index (χ1) is 15.0. The van der Waals surface area contributed by atoms with Gasteiger partial charge >= 0.3 is 0 Å². The Morgan fingerprint density at radius 2 is 2.00 bits per heavy atom. The lowest BCUT2D eigenvalue weighted by atomic mass is 10.1. The molecule has 0 bridgehead atoms. The van der Waals surface area contributed by atoms with Crippen molar-refractivity contribution >= 4 is 35.8 Å². The van der Waals surface area contributed by atoms with Crippen LogP contribution in [0.15, 0.2) is 53.5 Å². The molecule has 2 aromatic carbocycles. The minimum absolute atomic E-state index is 0. The third kappa shape index (κ3) is 7.36. The molecular formula is C24H32FIN4O2. The smallest absolute Gasteiger partial charge is 0.225 e. The van der Waals surface area contributed by atoms with Crippen LogP contribution >= 0.6 is 24.0 Å². The van der Waals surface area contributed by atoms with Gasteiger partial charge in [0.25, 0.3) is 0 Å². The predicted molar refractivity (Wildman–Crippen MR) is 136 cm³/mol. The maximum absolute atomic E-state index is 14.4. The molecule has 0 aromatic heterocycles. The second-order valence-electron chi connectivity index (χ2n) is 8.00. The fourth-order valence-corrected chi connectivity index (χ4v) is 3.55. The minimum Gasteiger partial charge on any atom is -0.454 e. The molecule has 0 radical (unpaired) electrons. The highest BCUT2D eigenvalue weighted by Gasteiger charge is 2.27. The van der Waals surface area contributed by atoms with Gasteiger partial charge in [-0.25, -0.2) is 4.39 Å². The van der Waals surface area contributed by atoms with Gasteiger partial charge in [-0.15, -0.1) is 24.0 Å². The standard InChI is InChI=1S/C24H31FN4O2.HI/c1-17(2)23(30)29-14-12-19(16-29)28-24(26-3)27-13-11-18-9-10-22(21(25)15-18)31-20-7-5-4-6-8-20;/h4-10,15,17,19H,11-14,16H2,1-3H3,(H2,26,27,28);1H. The van der Waals surface area contributed by atoms with Crippen LogP contribution in [0.5, 0.6) is 11.5 Å². The Labute approximate surface area is 206 Å². The van der Waals surface area contributed by atoms with E-state index < -0.39 is 0 Å². The molecule has 1 atom stereocenters. The van der Waals surface area contributed by atoms with Gasteiger partial charge in [-0.05, 0) is 42.7 Å². The molecule has 0 spiro atoms. The molecule has 6 nitrogen and oxygen atoms in total. The van der Waals surface area contributed by atoms with Crippen LogP contribution in [0.25, 0.3) is 0 Å². The van der Waals surface area contributed by atoms with E-state index in [0.717, 1.165) is 18.5 Å². The number of aliphatic imine (C=N–C) groups is 1. The van der Waals surface area contributed by atoms with Crippen molar-refractivity contribution in [1.29, 1.82) is 0 Å². The molecule has 0 aliphatic carbocycles. The molecule has 2 N–H and O–H groups in total. The number of halogens is 2. The van der Waals surface area contributed by atoms with Crippen LogP contribution in [0.3, 0.4) is 0 Å². The Kier molecular flexibility index (Phi) is 10.2. The lowest BCUT2D eigenvalue weighted by Gasteiger charge is -2.20. The maximum Gasteiger partial charge on any atom is 0.225 e. The van der Waals surface area contributed by atoms with E-state index in [1.165, 1.54) is 6.07 Å². The molecule has 1 fully saturated rings. The first kappa shape index (κ1) is 25.9. The summed E-state index contributed by atoms with van der Waals surface area (Å²) in [7, 11) is 1.72. The van der Waals surface area contributed by atoms with E-state index in [1.807, 2.05) is 43.0 Å². The van der Waals surface area contributed by atoms with Gasteiger partial charge in [0, 0.05) is 38.6 Å². The van der Waals surface area contributed by atoms with E-state index in [9.17, 15) is 9.18 Å². The van der Waals surface area contributed by atoms with Crippen molar-refractivity contribution in [2.75, 3.05) is 26.7 Å². The van der Waals surface area contributed by atoms with Crippen molar-refractivity contribution in [2.24, 2.45) is 10.9 Å². The number of para-hydroxylation sites is 1. The van der Waals surface area contributed by atoms with Crippen LogP contribution in [0, 0.1) is 11.7 Å². The zero-order valence-corrected chi connectivity index (χ0v) is 21.1. The molecule has 1 aliphatic heterocycles. The number of hydrogen-bond acceptors (Lipinski definition) is 3. The van der Waals surface area contributed by atoms with Crippen LogP contribution in [-0.4, -0.2) is 49.5 Å². The first-order valence-corrected chi connectivity index (χ1v) is 10.7. The lowest BCUT2D eigenvalue weighted by Crippen LogP contribution is -2.45. The summed E-state index contributed by atoms with van der Waals surface area (Å²) in [4.78, 5) is 18.3. The number of likely N-dealkylation sites (tertiary alicyclic amines) is 1. The Morgan fingerprint density at radius 3 is 2.66 bits per heavy atom. The molecule has 1 unspecified atom stereocenters. The van der Waals surface area contributed by atoms with E-state index >= 15 is 0 Å². The summed E-state index contributed by atoms with van der Waals surface area (Å²) in [5.41, 5.74) is 0.871. The second kappa shape index (κ2) is 12.6. The third-order valence-electron chi connectivity index (χ3n) is 5.23. The van der Waals surface area contributed by atoms with Crippen molar-refractivity contribution in [3.05, 3.63) is 59.9 Å². The van der Waals surface area contributed by atoms with Gasteiger partial charge in [0.1, 0.15) is 5.75 Å². The number of carbonyl (C=O) groups is 1. The highest BCUT2D eigenvalue weighted by Crippen LogP contribution is 2.25. The fourth-order valence-electron chi connectivity index (χ4n) is 3.55. The maximum atomic E-state index is 14.4. The topological polar surface area (TPSA) is 66.0 Å². The molecule has 2 aromatic rings. The summed E-state index contributed by atoms with van der Waals surface area (Å²) in [6, 6.07) is 14.4. The summed E-state index contributed by atoms with van der Waals surface area (Å²) < 4.78 is 20.0. The van der Waals surface area contributed by atoms with Crippen LogP contribution in [0.2, 0.25) is 0 Å². The molecule has 8 heteroatoms. The van der Waals surface area contributed by atoms with Gasteiger partial charge in [0.2, 0.25) is 5.91 Å². The largest absolute Gasteiger partial charge is 0.454 e. The van der Waals surface area contributed by atoms with Crippen LogP contribution < -0.4 is 15.4 Å². The number of benzene rings is 2. The third-order valence-corrected chi connectivity index (χ3v) is 5.23. The van der Waals surface area contributed by atoms with Gasteiger partial charge in [-0.3, -0.25) is 9.79 Å². The van der Waals surface area contributed by atoms with Crippen molar-refractivity contribution in [2.45, 2.75) is 32.7 Å². The number of amides is 1. The molecule has 1 heterocycles. The number of carbonyl (C=O) groups excluding carboxylic acids is 1. The van der Waals surface area contributed by atoms with Crippen LogP contribution in [-0.2, 0) is 11.2 Å². The van der Waals surface area contributed by atoms with Crippen LogP contribution in [0.4, 0.5) is 4.39 Å². The molecule has 1 amide bonds. The lowest BCUT2D eigenvalue weighted by molar-refractivity contribution is -0.133. The quantitative estimate of drug-likeness (QED) is 0.306. The number of rotatable bonds is 7. The van der Waals surface area contributed by atoms with Crippen molar-refractivity contribution in [3.63, 3.8) is 0 Å². The Bertz CT molecular complexity index is 908. The summed E-state index contributed by atoms with van der Waals surface area (Å²) in [5, 5.41) is 6.64. The zero-order chi connectivity index (χ0) is 22.2. The van der Waals surface area contributed by atoms with Crippen molar-refractivity contribution in [1.82, 2.24) is 15.5 Å². The Morgan fingerprint density at radius 1 is 1.25 bits per heavy atom. The Hall–Kier alpha value is -2.36. The van der Waals surface area contributed by atoms with Gasteiger partial charge in [0.15, 0.2) is 17.5 Å². The van der Waals surface area contributed by atoms with Crippen molar-refractivity contribution < 1.29 is 13.9 Å². The summed E-state index contributed by atoms with van der Waals surface area (Å²) in [6.45, 7) is 5.91. The van der Waals surface area contributed by atoms with E-state index in [1.54, 1.807) is 25.2 Å². The first-order valence-electron chi connectivity index (χ1n) is 10.7. The van der Waals surface area contributed by atoms with Crippen molar-refractivity contribution in [3.8, 4) is 11.5 Å². The molecule has 1 aliphatic rings. The van der Waals surface area contributed by atoms with Gasteiger partial charge in [-0.2, -0.15) is 0 Å². The summed E-state index contributed by atoms with van der Waals surface area (Å²) in [5.74, 6) is 1.32. The minimum atomic E-state index is -0.385. The number of nitrogens with zero attached hydrogens (tertiary/aromatic N) is 2. The predicted octanol–water partition coefficient (Wildman–Crippen LogP) is 4.20. The fraction of sp³-hybridized carbons (Fsp3) is 0.417. The van der Waals surface area contributed by atoms with Gasteiger partial charge in [0.05, 0.1) is 0 Å². The molecule has 174 valence electrons. The molecule has 32 heavy (non-hydrogen) atoms.